The normalized spacial score (nSPS) is 20.3. The number of piperazine rings is 1. The van der Waals surface area contributed by atoms with Gasteiger partial charge < -0.3 is 19.7 Å². The first-order valence-corrected chi connectivity index (χ1v) is 10.6. The van der Waals surface area contributed by atoms with Crippen LogP contribution in [0.4, 0.5) is 5.69 Å². The number of nitrogens with one attached hydrogen (secondary N) is 1. The molecular formula is C21H30N4O4. The van der Waals surface area contributed by atoms with Crippen molar-refractivity contribution in [1.29, 1.82) is 0 Å². The Morgan fingerprint density at radius 1 is 0.828 bits per heavy atom. The summed E-state index contributed by atoms with van der Waals surface area (Å²) in [5, 5.41) is 2.92. The number of hydrogen-bond acceptors (Lipinski definition) is 6. The summed E-state index contributed by atoms with van der Waals surface area (Å²) >= 11 is 0. The predicted octanol–water partition coefficient (Wildman–Crippen LogP) is 1.37. The van der Waals surface area contributed by atoms with Crippen molar-refractivity contribution in [1.82, 2.24) is 14.7 Å². The van der Waals surface area contributed by atoms with Gasteiger partial charge in [0.2, 0.25) is 18.6 Å². The van der Waals surface area contributed by atoms with Gasteiger partial charge in [0.1, 0.15) is 0 Å². The van der Waals surface area contributed by atoms with E-state index in [-0.39, 0.29) is 18.6 Å². The molecule has 158 valence electrons. The van der Waals surface area contributed by atoms with Gasteiger partial charge in [-0.3, -0.25) is 19.4 Å². The van der Waals surface area contributed by atoms with Gasteiger partial charge in [-0.05, 0) is 25.0 Å². The quantitative estimate of drug-likeness (QED) is 0.802. The van der Waals surface area contributed by atoms with Crippen LogP contribution < -0.4 is 14.8 Å². The molecule has 8 nitrogen and oxygen atoms in total. The van der Waals surface area contributed by atoms with Crippen LogP contribution in [-0.4, -0.2) is 85.7 Å². The fraction of sp³-hybridized carbons (Fsp3) is 0.619. The standard InChI is InChI=1S/C21H30N4O4/c26-20(22-17-5-6-18-19(13-17)29-16-28-18)14-23-9-11-24(12-10-23)15-21(27)25-7-3-1-2-4-8-25/h5-6,13H,1-4,7-12,14-16H2,(H,22,26). The lowest BCUT2D eigenvalue weighted by Gasteiger charge is -2.35. The first kappa shape index (κ1) is 20.0. The van der Waals surface area contributed by atoms with Crippen LogP contribution in [0.3, 0.4) is 0 Å². The Balaban J connectivity index is 1.18. The molecule has 1 aromatic carbocycles. The first-order valence-electron chi connectivity index (χ1n) is 10.6. The molecule has 2 amide bonds. The van der Waals surface area contributed by atoms with Crippen LogP contribution in [0.2, 0.25) is 0 Å². The average Bonchev–Trinajstić information content (AvgIpc) is 3.00. The minimum absolute atomic E-state index is 0.0436. The van der Waals surface area contributed by atoms with Crippen molar-refractivity contribution in [2.24, 2.45) is 0 Å². The molecule has 0 saturated carbocycles. The molecule has 0 unspecified atom stereocenters. The number of amides is 2. The molecule has 29 heavy (non-hydrogen) atoms. The molecule has 2 saturated heterocycles. The Labute approximate surface area is 171 Å². The number of likely N-dealkylation sites (tertiary alicyclic amines) is 1. The number of carbonyl (C=O) groups is 2. The van der Waals surface area contributed by atoms with Crippen LogP contribution in [0.1, 0.15) is 25.7 Å². The van der Waals surface area contributed by atoms with Crippen LogP contribution in [0.5, 0.6) is 11.5 Å². The molecule has 3 heterocycles. The van der Waals surface area contributed by atoms with Crippen molar-refractivity contribution in [3.05, 3.63) is 18.2 Å². The highest BCUT2D eigenvalue weighted by atomic mass is 16.7. The molecule has 4 rings (SSSR count). The van der Waals surface area contributed by atoms with E-state index in [1.54, 1.807) is 12.1 Å². The van der Waals surface area contributed by atoms with E-state index in [1.807, 2.05) is 11.0 Å². The molecule has 3 aliphatic heterocycles. The molecule has 3 aliphatic rings. The van der Waals surface area contributed by atoms with Gasteiger partial charge in [0.05, 0.1) is 13.1 Å². The van der Waals surface area contributed by atoms with Gasteiger partial charge in [-0.2, -0.15) is 0 Å². The second-order valence-corrected chi connectivity index (χ2v) is 7.96. The topological polar surface area (TPSA) is 74.4 Å². The number of anilines is 1. The number of ether oxygens (including phenoxy) is 2. The van der Waals surface area contributed by atoms with Gasteiger partial charge in [0, 0.05) is 51.0 Å². The van der Waals surface area contributed by atoms with E-state index in [0.717, 1.165) is 52.1 Å². The number of nitrogens with zero attached hydrogens (tertiary/aromatic N) is 3. The van der Waals surface area contributed by atoms with Crippen molar-refractivity contribution >= 4 is 17.5 Å². The molecule has 0 radical (unpaired) electrons. The Morgan fingerprint density at radius 3 is 2.21 bits per heavy atom. The lowest BCUT2D eigenvalue weighted by Crippen LogP contribution is -2.51. The van der Waals surface area contributed by atoms with Gasteiger partial charge in [-0.25, -0.2) is 0 Å². The van der Waals surface area contributed by atoms with E-state index >= 15 is 0 Å². The maximum absolute atomic E-state index is 12.5. The van der Waals surface area contributed by atoms with Crippen LogP contribution in [-0.2, 0) is 9.59 Å². The number of hydrogen-bond donors (Lipinski definition) is 1. The molecular weight excluding hydrogens is 372 g/mol. The van der Waals surface area contributed by atoms with Crippen LogP contribution in [0.25, 0.3) is 0 Å². The molecule has 2 fully saturated rings. The summed E-state index contributed by atoms with van der Waals surface area (Å²) in [5.41, 5.74) is 0.709. The molecule has 0 aliphatic carbocycles. The summed E-state index contributed by atoms with van der Waals surface area (Å²) < 4.78 is 10.6. The smallest absolute Gasteiger partial charge is 0.238 e. The number of fused-ring (bicyclic) bond motifs is 1. The van der Waals surface area contributed by atoms with Gasteiger partial charge in [-0.1, -0.05) is 12.8 Å². The minimum Gasteiger partial charge on any atom is -0.454 e. The fourth-order valence-electron chi connectivity index (χ4n) is 4.09. The third-order valence-electron chi connectivity index (χ3n) is 5.81. The highest BCUT2D eigenvalue weighted by Crippen LogP contribution is 2.34. The number of rotatable bonds is 5. The zero-order chi connectivity index (χ0) is 20.1. The minimum atomic E-state index is -0.0436. The van der Waals surface area contributed by atoms with E-state index in [2.05, 4.69) is 15.1 Å². The molecule has 1 aromatic rings. The summed E-state index contributed by atoms with van der Waals surface area (Å²) in [5.74, 6) is 1.57. The Hall–Kier alpha value is -2.32. The van der Waals surface area contributed by atoms with Gasteiger partial charge in [0.25, 0.3) is 0 Å². The highest BCUT2D eigenvalue weighted by Gasteiger charge is 2.23. The van der Waals surface area contributed by atoms with E-state index in [0.29, 0.717) is 30.3 Å². The summed E-state index contributed by atoms with van der Waals surface area (Å²) in [6, 6.07) is 5.41. The molecule has 0 spiro atoms. The molecule has 1 N–H and O–H groups in total. The van der Waals surface area contributed by atoms with Crippen LogP contribution >= 0.6 is 0 Å². The first-order chi connectivity index (χ1) is 14.2. The van der Waals surface area contributed by atoms with Crippen molar-refractivity contribution < 1.29 is 19.1 Å². The lowest BCUT2D eigenvalue weighted by atomic mass is 10.2. The largest absolute Gasteiger partial charge is 0.454 e. The van der Waals surface area contributed by atoms with Gasteiger partial charge in [0.15, 0.2) is 11.5 Å². The maximum Gasteiger partial charge on any atom is 0.238 e. The van der Waals surface area contributed by atoms with Crippen molar-refractivity contribution in [3.8, 4) is 11.5 Å². The monoisotopic (exact) mass is 402 g/mol. The molecule has 8 heteroatoms. The number of carbonyl (C=O) groups excluding carboxylic acids is 2. The molecule has 0 bridgehead atoms. The fourth-order valence-corrected chi connectivity index (χ4v) is 4.09. The third kappa shape index (κ3) is 5.39. The number of benzene rings is 1. The lowest BCUT2D eigenvalue weighted by molar-refractivity contribution is -0.133. The summed E-state index contributed by atoms with van der Waals surface area (Å²) in [6.07, 6.45) is 4.71. The zero-order valence-electron chi connectivity index (χ0n) is 16.9. The maximum atomic E-state index is 12.5. The van der Waals surface area contributed by atoms with E-state index in [4.69, 9.17) is 9.47 Å². The SMILES string of the molecule is O=C(CN1CCN(CC(=O)N2CCCCCC2)CC1)Nc1ccc2c(c1)OCO2. The van der Waals surface area contributed by atoms with Crippen molar-refractivity contribution in [3.63, 3.8) is 0 Å². The summed E-state index contributed by atoms with van der Waals surface area (Å²) in [4.78, 5) is 31.3. The van der Waals surface area contributed by atoms with Crippen LogP contribution in [0, 0.1) is 0 Å². The van der Waals surface area contributed by atoms with Gasteiger partial charge >= 0.3 is 0 Å². The Kier molecular flexibility index (Phi) is 6.51. The van der Waals surface area contributed by atoms with Crippen molar-refractivity contribution in [2.75, 3.05) is 64.5 Å². The second kappa shape index (κ2) is 9.45. The Bertz CT molecular complexity index is 725. The van der Waals surface area contributed by atoms with E-state index < -0.39 is 0 Å². The van der Waals surface area contributed by atoms with E-state index in [9.17, 15) is 9.59 Å². The predicted molar refractivity (Wildman–Crippen MR) is 109 cm³/mol. The third-order valence-corrected chi connectivity index (χ3v) is 5.81. The van der Waals surface area contributed by atoms with Crippen molar-refractivity contribution in [2.45, 2.75) is 25.7 Å². The highest BCUT2D eigenvalue weighted by molar-refractivity contribution is 5.92. The van der Waals surface area contributed by atoms with Gasteiger partial charge in [-0.15, -0.1) is 0 Å². The second-order valence-electron chi connectivity index (χ2n) is 7.96. The Morgan fingerprint density at radius 2 is 1.48 bits per heavy atom. The summed E-state index contributed by atoms with van der Waals surface area (Å²) in [7, 11) is 0. The molecule has 0 atom stereocenters. The summed E-state index contributed by atoms with van der Waals surface area (Å²) in [6.45, 7) is 6.09. The molecule has 0 aromatic heterocycles. The van der Waals surface area contributed by atoms with Crippen LogP contribution in [0.15, 0.2) is 18.2 Å². The zero-order valence-corrected chi connectivity index (χ0v) is 16.9. The van der Waals surface area contributed by atoms with E-state index in [1.165, 1.54) is 12.8 Å². The average molecular weight is 402 g/mol.